The minimum Gasteiger partial charge on any atom is -0.496 e. The molecule has 0 aliphatic carbocycles. The number of nitrogens with zero attached hydrogens (tertiary/aromatic N) is 2. The average molecular weight is 259 g/mol. The van der Waals surface area contributed by atoms with Gasteiger partial charge in [0, 0.05) is 37.3 Å². The summed E-state index contributed by atoms with van der Waals surface area (Å²) in [5.41, 5.74) is 1.77. The fourth-order valence-electron chi connectivity index (χ4n) is 2.65. The summed E-state index contributed by atoms with van der Waals surface area (Å²) in [6.45, 7) is 7.28. The van der Waals surface area contributed by atoms with Gasteiger partial charge in [-0.05, 0) is 32.0 Å². The van der Waals surface area contributed by atoms with Gasteiger partial charge in [0.25, 0.3) is 0 Å². The predicted molar refractivity (Wildman–Crippen MR) is 75.0 cm³/mol. The first-order valence-corrected chi connectivity index (χ1v) is 6.69. The van der Waals surface area contributed by atoms with Gasteiger partial charge in [0.1, 0.15) is 5.75 Å². The van der Waals surface area contributed by atoms with Gasteiger partial charge in [-0.1, -0.05) is 0 Å². The van der Waals surface area contributed by atoms with Crippen LogP contribution in [-0.4, -0.2) is 37.2 Å². The minimum absolute atomic E-state index is 0.485. The van der Waals surface area contributed by atoms with Crippen molar-refractivity contribution >= 4 is 0 Å². The maximum Gasteiger partial charge on any atom is 0.123 e. The molecule has 1 aliphatic rings. The molecule has 4 heteroatoms. The number of rotatable bonds is 3. The first-order chi connectivity index (χ1) is 9.15. The Morgan fingerprint density at radius 3 is 2.63 bits per heavy atom. The molecule has 1 N–H and O–H groups in total. The SMILES string of the molecule is COc1ccc(C#N)cc1CN1C(C)CNCC1C. The number of ether oxygens (including phenoxy) is 1. The molecule has 0 bridgehead atoms. The molecule has 2 unspecified atom stereocenters. The van der Waals surface area contributed by atoms with Crippen LogP contribution in [0.3, 0.4) is 0 Å². The van der Waals surface area contributed by atoms with E-state index >= 15 is 0 Å². The van der Waals surface area contributed by atoms with Crippen molar-refractivity contribution in [2.75, 3.05) is 20.2 Å². The maximum absolute atomic E-state index is 9.02. The van der Waals surface area contributed by atoms with Crippen molar-refractivity contribution in [2.24, 2.45) is 0 Å². The predicted octanol–water partition coefficient (Wildman–Crippen LogP) is 1.75. The average Bonchev–Trinajstić information content (AvgIpc) is 2.42. The van der Waals surface area contributed by atoms with E-state index < -0.39 is 0 Å². The maximum atomic E-state index is 9.02. The fourth-order valence-corrected chi connectivity index (χ4v) is 2.65. The van der Waals surface area contributed by atoms with Crippen molar-refractivity contribution in [3.8, 4) is 11.8 Å². The number of hydrogen-bond donors (Lipinski definition) is 1. The molecule has 2 rings (SSSR count). The topological polar surface area (TPSA) is 48.3 Å². The van der Waals surface area contributed by atoms with E-state index in [9.17, 15) is 0 Å². The Balaban J connectivity index is 2.23. The van der Waals surface area contributed by atoms with Crippen LogP contribution in [-0.2, 0) is 6.54 Å². The van der Waals surface area contributed by atoms with Crippen molar-refractivity contribution in [3.05, 3.63) is 29.3 Å². The number of nitriles is 1. The van der Waals surface area contributed by atoms with Crippen LogP contribution < -0.4 is 10.1 Å². The zero-order valence-corrected chi connectivity index (χ0v) is 11.8. The van der Waals surface area contributed by atoms with Crippen molar-refractivity contribution in [1.82, 2.24) is 10.2 Å². The van der Waals surface area contributed by atoms with Crippen LogP contribution >= 0.6 is 0 Å². The highest BCUT2D eigenvalue weighted by Crippen LogP contribution is 2.24. The molecule has 102 valence electrons. The van der Waals surface area contributed by atoms with Gasteiger partial charge in [-0.25, -0.2) is 0 Å². The Kier molecular flexibility index (Phi) is 4.41. The van der Waals surface area contributed by atoms with Gasteiger partial charge in [-0.3, -0.25) is 4.90 Å². The number of piperazine rings is 1. The minimum atomic E-state index is 0.485. The molecule has 1 aromatic rings. The van der Waals surface area contributed by atoms with Gasteiger partial charge in [0.05, 0.1) is 18.7 Å². The van der Waals surface area contributed by atoms with Crippen LogP contribution in [0.5, 0.6) is 5.75 Å². The lowest BCUT2D eigenvalue weighted by Crippen LogP contribution is -2.54. The summed E-state index contributed by atoms with van der Waals surface area (Å²) in [5.74, 6) is 0.858. The standard InChI is InChI=1S/C15H21N3O/c1-11-8-17-9-12(2)18(11)10-14-6-13(7-16)4-5-15(14)19-3/h4-6,11-12,17H,8-10H2,1-3H3. The Labute approximate surface area is 115 Å². The lowest BCUT2D eigenvalue weighted by molar-refractivity contribution is 0.107. The summed E-state index contributed by atoms with van der Waals surface area (Å²) in [6.07, 6.45) is 0. The molecule has 0 amide bonds. The zero-order valence-electron chi connectivity index (χ0n) is 11.8. The smallest absolute Gasteiger partial charge is 0.123 e. The Bertz CT molecular complexity index is 471. The van der Waals surface area contributed by atoms with E-state index in [0.717, 1.165) is 30.9 Å². The third-order valence-electron chi connectivity index (χ3n) is 3.77. The second-order valence-corrected chi connectivity index (χ2v) is 5.17. The summed E-state index contributed by atoms with van der Waals surface area (Å²) < 4.78 is 5.41. The Morgan fingerprint density at radius 1 is 1.37 bits per heavy atom. The monoisotopic (exact) mass is 259 g/mol. The molecular formula is C15H21N3O. The van der Waals surface area contributed by atoms with Crippen molar-refractivity contribution < 1.29 is 4.74 Å². The molecule has 1 heterocycles. The molecule has 19 heavy (non-hydrogen) atoms. The summed E-state index contributed by atoms with van der Waals surface area (Å²) in [5, 5.41) is 12.4. The number of hydrogen-bond acceptors (Lipinski definition) is 4. The largest absolute Gasteiger partial charge is 0.496 e. The number of benzene rings is 1. The molecular weight excluding hydrogens is 238 g/mol. The van der Waals surface area contributed by atoms with Crippen molar-refractivity contribution in [1.29, 1.82) is 5.26 Å². The second-order valence-electron chi connectivity index (χ2n) is 5.17. The van der Waals surface area contributed by atoms with Crippen LogP contribution in [0.15, 0.2) is 18.2 Å². The lowest BCUT2D eigenvalue weighted by Gasteiger charge is -2.39. The normalized spacial score (nSPS) is 23.9. The Hall–Kier alpha value is -1.57. The quantitative estimate of drug-likeness (QED) is 0.898. The summed E-state index contributed by atoms with van der Waals surface area (Å²) >= 11 is 0. The van der Waals surface area contributed by atoms with Gasteiger partial charge >= 0.3 is 0 Å². The van der Waals surface area contributed by atoms with Gasteiger partial charge < -0.3 is 10.1 Å². The van der Waals surface area contributed by atoms with Gasteiger partial charge in [0.2, 0.25) is 0 Å². The second kappa shape index (κ2) is 6.05. The number of methoxy groups -OCH3 is 1. The molecule has 0 radical (unpaired) electrons. The first-order valence-electron chi connectivity index (χ1n) is 6.69. The van der Waals surface area contributed by atoms with E-state index in [1.54, 1.807) is 13.2 Å². The molecule has 0 spiro atoms. The summed E-state index contributed by atoms with van der Waals surface area (Å²) in [7, 11) is 1.68. The van der Waals surface area contributed by atoms with Crippen LogP contribution in [0, 0.1) is 11.3 Å². The van der Waals surface area contributed by atoms with Crippen molar-refractivity contribution in [2.45, 2.75) is 32.5 Å². The van der Waals surface area contributed by atoms with Gasteiger partial charge in [-0.2, -0.15) is 5.26 Å². The Morgan fingerprint density at radius 2 is 2.05 bits per heavy atom. The van der Waals surface area contributed by atoms with Gasteiger partial charge in [0.15, 0.2) is 0 Å². The molecule has 1 aromatic carbocycles. The summed E-state index contributed by atoms with van der Waals surface area (Å²) in [6, 6.07) is 8.77. The number of nitrogens with one attached hydrogen (secondary N) is 1. The van der Waals surface area contributed by atoms with E-state index in [-0.39, 0.29) is 0 Å². The van der Waals surface area contributed by atoms with E-state index in [2.05, 4.69) is 30.1 Å². The van der Waals surface area contributed by atoms with Crippen LogP contribution in [0.25, 0.3) is 0 Å². The molecule has 2 atom stereocenters. The zero-order chi connectivity index (χ0) is 13.8. The lowest BCUT2D eigenvalue weighted by atomic mass is 10.1. The molecule has 1 fully saturated rings. The molecule has 1 aliphatic heterocycles. The van der Waals surface area contributed by atoms with Crippen molar-refractivity contribution in [3.63, 3.8) is 0 Å². The molecule has 1 saturated heterocycles. The van der Waals surface area contributed by atoms with E-state index in [1.807, 2.05) is 12.1 Å². The van der Waals surface area contributed by atoms with Gasteiger partial charge in [-0.15, -0.1) is 0 Å². The highest BCUT2D eigenvalue weighted by Gasteiger charge is 2.25. The van der Waals surface area contributed by atoms with E-state index in [1.165, 1.54) is 0 Å². The highest BCUT2D eigenvalue weighted by molar-refractivity contribution is 5.42. The van der Waals surface area contributed by atoms with E-state index in [4.69, 9.17) is 10.00 Å². The van der Waals surface area contributed by atoms with Crippen LogP contribution in [0.4, 0.5) is 0 Å². The molecule has 0 saturated carbocycles. The molecule has 0 aromatic heterocycles. The van der Waals surface area contributed by atoms with E-state index in [0.29, 0.717) is 17.6 Å². The fraction of sp³-hybridized carbons (Fsp3) is 0.533. The third-order valence-corrected chi connectivity index (χ3v) is 3.77. The summed E-state index contributed by atoms with van der Waals surface area (Å²) in [4.78, 5) is 2.45. The van der Waals surface area contributed by atoms with Crippen LogP contribution in [0.2, 0.25) is 0 Å². The van der Waals surface area contributed by atoms with Crippen LogP contribution in [0.1, 0.15) is 25.0 Å². The highest BCUT2D eigenvalue weighted by atomic mass is 16.5. The molecule has 4 nitrogen and oxygen atoms in total. The first kappa shape index (κ1) is 13.9. The third kappa shape index (κ3) is 3.06.